The number of allylic oxidation sites excluding steroid dienone is 2. The number of ketones is 1. The summed E-state index contributed by atoms with van der Waals surface area (Å²) >= 11 is 0. The van der Waals surface area contributed by atoms with Crippen LogP contribution in [0.5, 0.6) is 0 Å². The molecule has 4 nitrogen and oxygen atoms in total. The predicted octanol–water partition coefficient (Wildman–Crippen LogP) is 2.21. The molecule has 0 bridgehead atoms. The maximum atomic E-state index is 12.9. The van der Waals surface area contributed by atoms with Crippen molar-refractivity contribution < 1.29 is 13.2 Å². The van der Waals surface area contributed by atoms with Crippen LogP contribution in [0, 0.1) is 6.92 Å². The molecule has 0 amide bonds. The van der Waals surface area contributed by atoms with E-state index in [0.29, 0.717) is 17.9 Å². The highest BCUT2D eigenvalue weighted by molar-refractivity contribution is 7.89. The van der Waals surface area contributed by atoms with Crippen LogP contribution in [-0.4, -0.2) is 30.6 Å². The summed E-state index contributed by atoms with van der Waals surface area (Å²) in [6, 6.07) is 6.87. The molecule has 5 heteroatoms. The molecule has 1 saturated heterocycles. The highest BCUT2D eigenvalue weighted by Gasteiger charge is 2.45. The van der Waals surface area contributed by atoms with Crippen LogP contribution in [0.4, 0.5) is 0 Å². The Hall–Kier alpha value is -1.72. The fraction of sp³-hybridized carbons (Fsp3) is 0.312. The van der Waals surface area contributed by atoms with Gasteiger partial charge >= 0.3 is 0 Å². The van der Waals surface area contributed by atoms with Gasteiger partial charge in [-0.25, -0.2) is 8.42 Å². The first-order valence-corrected chi connectivity index (χ1v) is 8.40. The van der Waals surface area contributed by atoms with E-state index in [0.717, 1.165) is 12.0 Å². The molecule has 1 fully saturated rings. The lowest BCUT2D eigenvalue weighted by atomic mass is 9.92. The second kappa shape index (κ2) is 4.93. The smallest absolute Gasteiger partial charge is 0.244 e. The molecule has 3 rings (SSSR count). The van der Waals surface area contributed by atoms with E-state index < -0.39 is 15.6 Å². The van der Waals surface area contributed by atoms with Gasteiger partial charge in [0.1, 0.15) is 0 Å². The molecule has 1 heterocycles. The van der Waals surface area contributed by atoms with Gasteiger partial charge in [-0.2, -0.15) is 4.31 Å². The molecular formula is C16H17NO3S. The van der Waals surface area contributed by atoms with Gasteiger partial charge in [0.2, 0.25) is 10.0 Å². The summed E-state index contributed by atoms with van der Waals surface area (Å²) in [5, 5.41) is 0. The third kappa shape index (κ3) is 2.36. The van der Waals surface area contributed by atoms with Crippen LogP contribution in [-0.2, 0) is 14.8 Å². The third-order valence-electron chi connectivity index (χ3n) is 4.08. The monoisotopic (exact) mass is 303 g/mol. The van der Waals surface area contributed by atoms with Gasteiger partial charge in [-0.05, 0) is 44.1 Å². The van der Waals surface area contributed by atoms with E-state index in [4.69, 9.17) is 0 Å². The minimum atomic E-state index is -3.56. The molecule has 0 aromatic heterocycles. The summed E-state index contributed by atoms with van der Waals surface area (Å²) in [5.41, 5.74) is 0.339. The highest BCUT2D eigenvalue weighted by Crippen LogP contribution is 2.38. The van der Waals surface area contributed by atoms with Crippen LogP contribution < -0.4 is 0 Å². The summed E-state index contributed by atoms with van der Waals surface area (Å²) in [7, 11) is -3.56. The molecule has 1 aromatic rings. The minimum Gasteiger partial charge on any atom is -0.290 e. The van der Waals surface area contributed by atoms with Gasteiger partial charge in [0.05, 0.1) is 10.4 Å². The molecule has 0 atom stereocenters. The van der Waals surface area contributed by atoms with Crippen LogP contribution in [0.2, 0.25) is 0 Å². The molecule has 2 aliphatic rings. The van der Waals surface area contributed by atoms with Crippen molar-refractivity contribution in [2.24, 2.45) is 0 Å². The fourth-order valence-corrected chi connectivity index (χ4v) is 4.68. The van der Waals surface area contributed by atoms with Crippen LogP contribution in [0.15, 0.2) is 53.5 Å². The largest absolute Gasteiger partial charge is 0.290 e. The molecule has 0 unspecified atom stereocenters. The number of hydrogen-bond acceptors (Lipinski definition) is 3. The SMILES string of the molecule is Cc1ccc(S(=O)(=O)N2CCCC23C=CC(=O)C=C3)cc1. The van der Waals surface area contributed by atoms with Crippen LogP contribution in [0.1, 0.15) is 18.4 Å². The Labute approximate surface area is 124 Å². The zero-order chi connectivity index (χ0) is 15.1. The van der Waals surface area contributed by atoms with Gasteiger partial charge in [-0.3, -0.25) is 4.79 Å². The number of benzene rings is 1. The molecule has 0 N–H and O–H groups in total. The van der Waals surface area contributed by atoms with Crippen molar-refractivity contribution in [1.29, 1.82) is 0 Å². The van der Waals surface area contributed by atoms with Crippen LogP contribution in [0.25, 0.3) is 0 Å². The average Bonchev–Trinajstić information content (AvgIpc) is 2.87. The van der Waals surface area contributed by atoms with Crippen molar-refractivity contribution in [2.75, 3.05) is 6.54 Å². The first-order valence-electron chi connectivity index (χ1n) is 6.96. The third-order valence-corrected chi connectivity index (χ3v) is 6.05. The molecular weight excluding hydrogens is 286 g/mol. The van der Waals surface area contributed by atoms with Gasteiger partial charge < -0.3 is 0 Å². The summed E-state index contributed by atoms with van der Waals surface area (Å²) in [6.07, 6.45) is 7.85. The predicted molar refractivity (Wildman–Crippen MR) is 80.3 cm³/mol. The number of carbonyl (C=O) groups is 1. The Kier molecular flexibility index (Phi) is 3.34. The molecule has 110 valence electrons. The summed E-state index contributed by atoms with van der Waals surface area (Å²) < 4.78 is 27.3. The summed E-state index contributed by atoms with van der Waals surface area (Å²) in [6.45, 7) is 2.39. The van der Waals surface area contributed by atoms with Gasteiger partial charge in [0, 0.05) is 6.54 Å². The summed E-state index contributed by atoms with van der Waals surface area (Å²) in [5.74, 6) is -0.0970. The zero-order valence-electron chi connectivity index (χ0n) is 11.8. The van der Waals surface area contributed by atoms with Gasteiger partial charge in [-0.1, -0.05) is 29.8 Å². The molecule has 1 aliphatic heterocycles. The van der Waals surface area contributed by atoms with E-state index in [-0.39, 0.29) is 5.78 Å². The van der Waals surface area contributed by atoms with Crippen LogP contribution in [0.3, 0.4) is 0 Å². The summed E-state index contributed by atoms with van der Waals surface area (Å²) in [4.78, 5) is 11.6. The standard InChI is InChI=1S/C16H17NO3S/c1-13-3-5-15(6-4-13)21(19,20)17-12-2-9-16(17)10-7-14(18)8-11-16/h3-8,10-11H,2,9,12H2,1H3. The Morgan fingerprint density at radius 1 is 1.10 bits per heavy atom. The van der Waals surface area contributed by atoms with Gasteiger partial charge in [0.25, 0.3) is 0 Å². The van der Waals surface area contributed by atoms with E-state index >= 15 is 0 Å². The van der Waals surface area contributed by atoms with E-state index in [2.05, 4.69) is 0 Å². The normalized spacial score (nSPS) is 21.3. The quantitative estimate of drug-likeness (QED) is 0.842. The van der Waals surface area contributed by atoms with Crippen molar-refractivity contribution in [3.8, 4) is 0 Å². The number of sulfonamides is 1. The Balaban J connectivity index is 2.02. The molecule has 0 saturated carbocycles. The lowest BCUT2D eigenvalue weighted by Crippen LogP contribution is -2.45. The number of hydrogen-bond donors (Lipinski definition) is 0. The van der Waals surface area contributed by atoms with Crippen molar-refractivity contribution in [1.82, 2.24) is 4.31 Å². The lowest BCUT2D eigenvalue weighted by Gasteiger charge is -2.33. The van der Waals surface area contributed by atoms with Crippen molar-refractivity contribution in [2.45, 2.75) is 30.2 Å². The Morgan fingerprint density at radius 3 is 2.33 bits per heavy atom. The van der Waals surface area contributed by atoms with E-state index in [1.54, 1.807) is 36.4 Å². The zero-order valence-corrected chi connectivity index (χ0v) is 12.6. The van der Waals surface area contributed by atoms with E-state index in [1.807, 2.05) is 6.92 Å². The van der Waals surface area contributed by atoms with Gasteiger partial charge in [-0.15, -0.1) is 0 Å². The number of rotatable bonds is 2. The molecule has 21 heavy (non-hydrogen) atoms. The Bertz CT molecular complexity index is 713. The number of aryl methyl sites for hydroxylation is 1. The molecule has 1 aromatic carbocycles. The van der Waals surface area contributed by atoms with Gasteiger partial charge in [0.15, 0.2) is 5.78 Å². The first kappa shape index (κ1) is 14.2. The fourth-order valence-electron chi connectivity index (χ4n) is 2.92. The number of nitrogens with zero attached hydrogens (tertiary/aromatic N) is 1. The van der Waals surface area contributed by atoms with E-state index in [9.17, 15) is 13.2 Å². The second-order valence-corrected chi connectivity index (χ2v) is 7.42. The number of carbonyl (C=O) groups excluding carboxylic acids is 1. The lowest BCUT2D eigenvalue weighted by molar-refractivity contribution is -0.110. The molecule has 0 radical (unpaired) electrons. The first-order chi connectivity index (χ1) is 9.94. The average molecular weight is 303 g/mol. The van der Waals surface area contributed by atoms with Crippen LogP contribution >= 0.6 is 0 Å². The van der Waals surface area contributed by atoms with Crippen molar-refractivity contribution >= 4 is 15.8 Å². The maximum Gasteiger partial charge on any atom is 0.244 e. The topological polar surface area (TPSA) is 54.5 Å². The van der Waals surface area contributed by atoms with Crippen molar-refractivity contribution in [3.63, 3.8) is 0 Å². The molecule has 1 spiro atoms. The minimum absolute atomic E-state index is 0.0970. The van der Waals surface area contributed by atoms with Crippen molar-refractivity contribution in [3.05, 3.63) is 54.1 Å². The highest BCUT2D eigenvalue weighted by atomic mass is 32.2. The maximum absolute atomic E-state index is 12.9. The second-order valence-electron chi connectivity index (χ2n) is 5.55. The van der Waals surface area contributed by atoms with E-state index in [1.165, 1.54) is 16.5 Å². The Morgan fingerprint density at radius 2 is 1.71 bits per heavy atom. The molecule has 1 aliphatic carbocycles.